The van der Waals surface area contributed by atoms with E-state index in [0.29, 0.717) is 0 Å². The first-order valence-electron chi connectivity index (χ1n) is 7.22. The van der Waals surface area contributed by atoms with Crippen LogP contribution in [0.5, 0.6) is 0 Å². The van der Waals surface area contributed by atoms with Gasteiger partial charge in [0.25, 0.3) is 0 Å². The van der Waals surface area contributed by atoms with Crippen molar-refractivity contribution < 1.29 is 0 Å². The van der Waals surface area contributed by atoms with E-state index >= 15 is 0 Å². The first-order chi connectivity index (χ1) is 9.38. The number of hydrogen-bond acceptors (Lipinski definition) is 1. The van der Waals surface area contributed by atoms with E-state index in [1.807, 2.05) is 0 Å². The molecule has 1 radical (unpaired) electrons. The van der Waals surface area contributed by atoms with Gasteiger partial charge in [-0.25, -0.2) is 5.32 Å². The van der Waals surface area contributed by atoms with Crippen LogP contribution in [0.3, 0.4) is 0 Å². The van der Waals surface area contributed by atoms with Crippen LogP contribution < -0.4 is 5.32 Å². The maximum Gasteiger partial charge on any atom is 0.0234 e. The summed E-state index contributed by atoms with van der Waals surface area (Å²) in [4.78, 5) is 2.61. The second-order valence-electron chi connectivity index (χ2n) is 5.98. The molecule has 2 saturated heterocycles. The lowest BCUT2D eigenvalue weighted by Gasteiger charge is -2.17. The first kappa shape index (κ1) is 11.4. The summed E-state index contributed by atoms with van der Waals surface area (Å²) >= 11 is 0. The Balaban J connectivity index is 1.52. The summed E-state index contributed by atoms with van der Waals surface area (Å²) in [5.41, 5.74) is 1.44. The lowest BCUT2D eigenvalue weighted by molar-refractivity contribution is 0.305. The Labute approximate surface area is 114 Å². The lowest BCUT2D eigenvalue weighted by atomic mass is 10.0. The molecular weight excluding hydrogens is 232 g/mol. The minimum atomic E-state index is 0.834. The zero-order valence-corrected chi connectivity index (χ0v) is 11.1. The topological polar surface area (TPSA) is 17.3 Å². The minimum Gasteiger partial charge on any atom is -0.298 e. The molecule has 4 rings (SSSR count). The first-order valence-corrected chi connectivity index (χ1v) is 7.22. The van der Waals surface area contributed by atoms with Gasteiger partial charge in [0.05, 0.1) is 0 Å². The fraction of sp³-hybridized carbons (Fsp3) is 0.412. The van der Waals surface area contributed by atoms with Gasteiger partial charge in [-0.05, 0) is 34.2 Å². The molecule has 19 heavy (non-hydrogen) atoms. The van der Waals surface area contributed by atoms with Gasteiger partial charge in [0.1, 0.15) is 0 Å². The van der Waals surface area contributed by atoms with Crippen LogP contribution in [-0.4, -0.2) is 31.1 Å². The number of likely N-dealkylation sites (tertiary alicyclic amines) is 1. The van der Waals surface area contributed by atoms with Crippen LogP contribution in [0.25, 0.3) is 10.8 Å². The molecule has 2 aliphatic heterocycles. The van der Waals surface area contributed by atoms with Crippen LogP contribution in [0.1, 0.15) is 5.56 Å². The molecule has 0 bridgehead atoms. The number of fused-ring (bicyclic) bond motifs is 2. The third-order valence-corrected chi connectivity index (χ3v) is 4.60. The van der Waals surface area contributed by atoms with Crippen molar-refractivity contribution >= 4 is 10.8 Å². The average molecular weight is 251 g/mol. The van der Waals surface area contributed by atoms with E-state index < -0.39 is 0 Å². The summed E-state index contributed by atoms with van der Waals surface area (Å²) in [6, 6.07) is 15.5. The largest absolute Gasteiger partial charge is 0.298 e. The van der Waals surface area contributed by atoms with Crippen LogP contribution in [-0.2, 0) is 6.54 Å². The van der Waals surface area contributed by atoms with Crippen molar-refractivity contribution in [1.82, 2.24) is 10.2 Å². The van der Waals surface area contributed by atoms with Gasteiger partial charge in [0, 0.05) is 32.7 Å². The molecule has 2 heterocycles. The summed E-state index contributed by atoms with van der Waals surface area (Å²) in [5.74, 6) is 1.67. The molecule has 97 valence electrons. The van der Waals surface area contributed by atoms with Gasteiger partial charge in [-0.2, -0.15) is 0 Å². The van der Waals surface area contributed by atoms with Gasteiger partial charge < -0.3 is 0 Å². The molecule has 0 spiro atoms. The predicted octanol–water partition coefficient (Wildman–Crippen LogP) is 2.51. The molecular formula is C17H19N2. The summed E-state index contributed by atoms with van der Waals surface area (Å²) < 4.78 is 0. The predicted molar refractivity (Wildman–Crippen MR) is 78.1 cm³/mol. The maximum absolute atomic E-state index is 4.52. The van der Waals surface area contributed by atoms with E-state index in [1.54, 1.807) is 0 Å². The highest BCUT2D eigenvalue weighted by molar-refractivity contribution is 5.82. The van der Waals surface area contributed by atoms with Gasteiger partial charge in [-0.1, -0.05) is 36.4 Å². The minimum absolute atomic E-state index is 0.834. The SMILES string of the molecule is c1ccc2cc(CN3CC4C[N]CC4C3)ccc2c1. The van der Waals surface area contributed by atoms with Crippen molar-refractivity contribution in [3.63, 3.8) is 0 Å². The fourth-order valence-corrected chi connectivity index (χ4v) is 3.58. The Morgan fingerprint density at radius 2 is 1.68 bits per heavy atom. The highest BCUT2D eigenvalue weighted by Crippen LogP contribution is 2.28. The number of benzene rings is 2. The molecule has 2 fully saturated rings. The normalized spacial score (nSPS) is 26.9. The van der Waals surface area contributed by atoms with Crippen LogP contribution in [0, 0.1) is 11.8 Å². The highest BCUT2D eigenvalue weighted by atomic mass is 15.2. The van der Waals surface area contributed by atoms with Crippen LogP contribution >= 0.6 is 0 Å². The van der Waals surface area contributed by atoms with Crippen molar-refractivity contribution in [3.05, 3.63) is 48.0 Å². The van der Waals surface area contributed by atoms with Gasteiger partial charge in [-0.3, -0.25) is 4.90 Å². The van der Waals surface area contributed by atoms with E-state index in [1.165, 1.54) is 29.4 Å². The Hall–Kier alpha value is -1.38. The molecule has 2 nitrogen and oxygen atoms in total. The van der Waals surface area contributed by atoms with E-state index in [2.05, 4.69) is 52.7 Å². The van der Waals surface area contributed by atoms with E-state index in [0.717, 1.165) is 31.5 Å². The zero-order chi connectivity index (χ0) is 12.7. The van der Waals surface area contributed by atoms with Crippen LogP contribution in [0.15, 0.2) is 42.5 Å². The molecule has 0 N–H and O–H groups in total. The third-order valence-electron chi connectivity index (χ3n) is 4.60. The van der Waals surface area contributed by atoms with E-state index in [4.69, 9.17) is 0 Å². The van der Waals surface area contributed by atoms with Gasteiger partial charge in [0.2, 0.25) is 0 Å². The highest BCUT2D eigenvalue weighted by Gasteiger charge is 2.36. The maximum atomic E-state index is 4.52. The number of hydrogen-bond donors (Lipinski definition) is 0. The van der Waals surface area contributed by atoms with Crippen LogP contribution in [0.2, 0.25) is 0 Å². The Kier molecular flexibility index (Phi) is 2.78. The monoisotopic (exact) mass is 251 g/mol. The van der Waals surface area contributed by atoms with E-state index in [-0.39, 0.29) is 0 Å². The summed E-state index contributed by atoms with van der Waals surface area (Å²) in [6.07, 6.45) is 0. The summed E-state index contributed by atoms with van der Waals surface area (Å²) in [6.45, 7) is 5.76. The quantitative estimate of drug-likeness (QED) is 0.801. The van der Waals surface area contributed by atoms with E-state index in [9.17, 15) is 0 Å². The molecule has 0 saturated carbocycles. The Morgan fingerprint density at radius 1 is 0.947 bits per heavy atom. The Bertz CT molecular complexity index is 581. The smallest absolute Gasteiger partial charge is 0.0234 e. The number of nitrogens with zero attached hydrogens (tertiary/aromatic N) is 2. The van der Waals surface area contributed by atoms with Crippen molar-refractivity contribution in [1.29, 1.82) is 0 Å². The van der Waals surface area contributed by atoms with Crippen molar-refractivity contribution in [2.75, 3.05) is 26.2 Å². The molecule has 2 aromatic carbocycles. The summed E-state index contributed by atoms with van der Waals surface area (Å²) in [5, 5.41) is 7.22. The summed E-state index contributed by atoms with van der Waals surface area (Å²) in [7, 11) is 0. The van der Waals surface area contributed by atoms with Crippen molar-refractivity contribution in [3.8, 4) is 0 Å². The Morgan fingerprint density at radius 3 is 2.47 bits per heavy atom. The number of rotatable bonds is 2. The fourth-order valence-electron chi connectivity index (χ4n) is 3.58. The molecule has 0 aliphatic carbocycles. The van der Waals surface area contributed by atoms with Crippen molar-refractivity contribution in [2.24, 2.45) is 11.8 Å². The molecule has 2 aliphatic rings. The van der Waals surface area contributed by atoms with Gasteiger partial charge in [-0.15, -0.1) is 0 Å². The third kappa shape index (κ3) is 2.15. The van der Waals surface area contributed by atoms with Gasteiger partial charge >= 0.3 is 0 Å². The lowest BCUT2D eigenvalue weighted by Crippen LogP contribution is -2.23. The molecule has 2 atom stereocenters. The van der Waals surface area contributed by atoms with Gasteiger partial charge in [0.15, 0.2) is 0 Å². The second kappa shape index (κ2) is 4.62. The average Bonchev–Trinajstić information content (AvgIpc) is 2.99. The standard InChI is InChI=1S/C17H19N2/c1-2-4-15-7-13(5-6-14(15)3-1)10-19-11-16-8-18-9-17(16)12-19/h1-7,16-17H,8-12H2. The molecule has 0 aromatic heterocycles. The second-order valence-corrected chi connectivity index (χ2v) is 5.98. The molecule has 2 aromatic rings. The molecule has 2 heteroatoms. The molecule has 2 unspecified atom stereocenters. The van der Waals surface area contributed by atoms with Crippen LogP contribution in [0.4, 0.5) is 0 Å². The van der Waals surface area contributed by atoms with Crippen molar-refractivity contribution in [2.45, 2.75) is 6.54 Å². The zero-order valence-electron chi connectivity index (χ0n) is 11.1. The molecule has 0 amide bonds.